The van der Waals surface area contributed by atoms with E-state index in [4.69, 9.17) is 4.74 Å². The number of methoxy groups -OCH3 is 1. The molecule has 1 aliphatic heterocycles. The van der Waals surface area contributed by atoms with Gasteiger partial charge in [-0.15, -0.1) is 12.4 Å². The van der Waals surface area contributed by atoms with Crippen LogP contribution < -0.4 is 10.1 Å². The lowest BCUT2D eigenvalue weighted by Gasteiger charge is -2.29. The lowest BCUT2D eigenvalue weighted by Crippen LogP contribution is -2.30. The van der Waals surface area contributed by atoms with E-state index in [1.54, 1.807) is 7.11 Å². The Morgan fingerprint density at radius 2 is 2.19 bits per heavy atom. The van der Waals surface area contributed by atoms with Crippen molar-refractivity contribution in [3.8, 4) is 5.75 Å². The topological polar surface area (TPSA) is 21.3 Å². The molecule has 1 saturated heterocycles. The van der Waals surface area contributed by atoms with Gasteiger partial charge in [-0.2, -0.15) is 0 Å². The van der Waals surface area contributed by atoms with E-state index in [-0.39, 0.29) is 12.4 Å². The Bertz CT molecular complexity index is 380. The zero-order valence-corrected chi connectivity index (χ0v) is 10.3. The quantitative estimate of drug-likeness (QED) is 0.813. The molecule has 1 aromatic rings. The van der Waals surface area contributed by atoms with Crippen molar-refractivity contribution in [2.45, 2.75) is 31.2 Å². The monoisotopic (exact) mass is 239 g/mol. The van der Waals surface area contributed by atoms with Crippen molar-refractivity contribution in [2.24, 2.45) is 0 Å². The highest BCUT2D eigenvalue weighted by Gasteiger charge is 2.33. The summed E-state index contributed by atoms with van der Waals surface area (Å²) < 4.78 is 5.44. The van der Waals surface area contributed by atoms with Crippen LogP contribution in [0.2, 0.25) is 0 Å². The van der Waals surface area contributed by atoms with Crippen molar-refractivity contribution in [1.82, 2.24) is 5.32 Å². The number of halogens is 1. The van der Waals surface area contributed by atoms with Gasteiger partial charge in [0.2, 0.25) is 0 Å². The molecule has 16 heavy (non-hydrogen) atoms. The molecule has 0 spiro atoms. The third-order valence-corrected chi connectivity index (χ3v) is 3.84. The summed E-state index contributed by atoms with van der Waals surface area (Å²) in [5.74, 6) is 1.81. The summed E-state index contributed by atoms with van der Waals surface area (Å²) in [7, 11) is 1.77. The fourth-order valence-corrected chi connectivity index (χ4v) is 3.13. The second-order valence-electron chi connectivity index (χ2n) is 4.52. The van der Waals surface area contributed by atoms with Crippen LogP contribution in [-0.2, 0) is 6.42 Å². The van der Waals surface area contributed by atoms with Crippen molar-refractivity contribution >= 4 is 12.4 Å². The molecular weight excluding hydrogens is 222 g/mol. The van der Waals surface area contributed by atoms with E-state index < -0.39 is 0 Å². The van der Waals surface area contributed by atoms with Gasteiger partial charge in [0.15, 0.2) is 0 Å². The van der Waals surface area contributed by atoms with Gasteiger partial charge in [-0.05, 0) is 43.0 Å². The maximum atomic E-state index is 5.44. The fourth-order valence-electron chi connectivity index (χ4n) is 3.13. The molecule has 3 heteroatoms. The van der Waals surface area contributed by atoms with E-state index >= 15 is 0 Å². The van der Waals surface area contributed by atoms with Gasteiger partial charge in [0.1, 0.15) is 5.75 Å². The maximum Gasteiger partial charge on any atom is 0.122 e. The van der Waals surface area contributed by atoms with Gasteiger partial charge in [-0.25, -0.2) is 0 Å². The minimum atomic E-state index is 0. The average molecular weight is 240 g/mol. The van der Waals surface area contributed by atoms with E-state index in [2.05, 4.69) is 23.5 Å². The third kappa shape index (κ3) is 1.70. The van der Waals surface area contributed by atoms with Crippen molar-refractivity contribution in [3.05, 3.63) is 29.3 Å². The van der Waals surface area contributed by atoms with Crippen LogP contribution in [0, 0.1) is 0 Å². The van der Waals surface area contributed by atoms with Crippen LogP contribution in [0.5, 0.6) is 5.75 Å². The molecule has 0 radical (unpaired) electrons. The molecule has 3 rings (SSSR count). The van der Waals surface area contributed by atoms with Crippen molar-refractivity contribution < 1.29 is 4.74 Å². The summed E-state index contributed by atoms with van der Waals surface area (Å²) in [6.07, 6.45) is 3.70. The maximum absolute atomic E-state index is 5.44. The van der Waals surface area contributed by atoms with E-state index in [1.165, 1.54) is 30.5 Å². The van der Waals surface area contributed by atoms with Gasteiger partial charge in [0.25, 0.3) is 0 Å². The molecule has 0 bridgehead atoms. The van der Waals surface area contributed by atoms with Gasteiger partial charge in [-0.3, -0.25) is 0 Å². The SMILES string of the molecule is COc1cccc2c1CC[C@H]1NCC[C@@H]21.Cl. The third-order valence-electron chi connectivity index (χ3n) is 3.84. The van der Waals surface area contributed by atoms with Crippen molar-refractivity contribution in [2.75, 3.05) is 13.7 Å². The summed E-state index contributed by atoms with van der Waals surface area (Å²) in [5.41, 5.74) is 2.97. The predicted molar refractivity (Wildman–Crippen MR) is 67.7 cm³/mol. The molecule has 2 nitrogen and oxygen atoms in total. The van der Waals surface area contributed by atoms with Crippen LogP contribution in [0.1, 0.15) is 29.9 Å². The second-order valence-corrected chi connectivity index (χ2v) is 4.52. The Kier molecular flexibility index (Phi) is 3.41. The van der Waals surface area contributed by atoms with Crippen LogP contribution in [-0.4, -0.2) is 19.7 Å². The Labute approximate surface area is 103 Å². The predicted octanol–water partition coefficient (Wildman–Crippen LogP) is 2.51. The molecule has 1 aromatic carbocycles. The Balaban J connectivity index is 0.000000963. The van der Waals surface area contributed by atoms with Crippen LogP contribution in [0.3, 0.4) is 0 Å². The van der Waals surface area contributed by atoms with Gasteiger partial charge in [0.05, 0.1) is 7.11 Å². The molecule has 1 heterocycles. The average Bonchev–Trinajstić information content (AvgIpc) is 2.76. The summed E-state index contributed by atoms with van der Waals surface area (Å²) in [6, 6.07) is 7.20. The number of fused-ring (bicyclic) bond motifs is 3. The van der Waals surface area contributed by atoms with Crippen molar-refractivity contribution in [1.29, 1.82) is 0 Å². The zero-order valence-electron chi connectivity index (χ0n) is 9.53. The molecule has 2 aliphatic rings. The van der Waals surface area contributed by atoms with Gasteiger partial charge in [-0.1, -0.05) is 12.1 Å². The minimum Gasteiger partial charge on any atom is -0.496 e. The summed E-state index contributed by atoms with van der Waals surface area (Å²) in [6.45, 7) is 1.17. The molecule has 0 unspecified atom stereocenters. The van der Waals surface area contributed by atoms with Crippen LogP contribution in [0.25, 0.3) is 0 Å². The van der Waals surface area contributed by atoms with Crippen LogP contribution >= 0.6 is 12.4 Å². The standard InChI is InChI=1S/C13H17NO.ClH/c1-15-13-4-2-3-9-10-7-8-14-12(10)6-5-11(9)13;/h2-4,10,12,14H,5-8H2,1H3;1H/t10-,12+;/m0./s1. The first-order valence-electron chi connectivity index (χ1n) is 5.79. The molecule has 1 aliphatic carbocycles. The Hall–Kier alpha value is -0.730. The van der Waals surface area contributed by atoms with Crippen LogP contribution in [0.15, 0.2) is 18.2 Å². The van der Waals surface area contributed by atoms with Crippen molar-refractivity contribution in [3.63, 3.8) is 0 Å². The lowest BCUT2D eigenvalue weighted by molar-refractivity contribution is 0.398. The molecule has 0 aromatic heterocycles. The zero-order chi connectivity index (χ0) is 10.3. The Morgan fingerprint density at radius 1 is 1.31 bits per heavy atom. The molecular formula is C13H18ClNO. The van der Waals surface area contributed by atoms with E-state index in [9.17, 15) is 0 Å². The van der Waals surface area contributed by atoms with Gasteiger partial charge in [0, 0.05) is 12.0 Å². The molecule has 0 saturated carbocycles. The first kappa shape index (κ1) is 11.7. The summed E-state index contributed by atoms with van der Waals surface area (Å²) in [4.78, 5) is 0. The van der Waals surface area contributed by atoms with Gasteiger partial charge < -0.3 is 10.1 Å². The molecule has 0 amide bonds. The number of rotatable bonds is 1. The molecule has 1 N–H and O–H groups in total. The summed E-state index contributed by atoms with van der Waals surface area (Å²) >= 11 is 0. The molecule has 88 valence electrons. The Morgan fingerprint density at radius 3 is 3.00 bits per heavy atom. The molecule has 2 atom stereocenters. The number of ether oxygens (including phenoxy) is 1. The van der Waals surface area contributed by atoms with Crippen LogP contribution in [0.4, 0.5) is 0 Å². The number of hydrogen-bond acceptors (Lipinski definition) is 2. The normalized spacial score (nSPS) is 26.6. The highest BCUT2D eigenvalue weighted by molar-refractivity contribution is 5.85. The first-order chi connectivity index (χ1) is 7.40. The second kappa shape index (κ2) is 4.64. The number of nitrogens with one attached hydrogen (secondary N) is 1. The largest absolute Gasteiger partial charge is 0.496 e. The minimum absolute atomic E-state index is 0. The highest BCUT2D eigenvalue weighted by Crippen LogP contribution is 2.40. The van der Waals surface area contributed by atoms with E-state index in [1.807, 2.05) is 0 Å². The summed E-state index contributed by atoms with van der Waals surface area (Å²) in [5, 5.41) is 3.60. The highest BCUT2D eigenvalue weighted by atomic mass is 35.5. The smallest absolute Gasteiger partial charge is 0.122 e. The van der Waals surface area contributed by atoms with E-state index in [0.717, 1.165) is 18.1 Å². The molecule has 1 fully saturated rings. The fraction of sp³-hybridized carbons (Fsp3) is 0.538. The van der Waals surface area contributed by atoms with E-state index in [0.29, 0.717) is 6.04 Å². The first-order valence-corrected chi connectivity index (χ1v) is 5.79. The lowest BCUT2D eigenvalue weighted by atomic mass is 9.79. The number of hydrogen-bond donors (Lipinski definition) is 1. The number of benzene rings is 1. The van der Waals surface area contributed by atoms with Gasteiger partial charge >= 0.3 is 0 Å².